The van der Waals surface area contributed by atoms with Crippen molar-refractivity contribution in [3.63, 3.8) is 0 Å². The number of ether oxygens (including phenoxy) is 4. The number of nitrogens with one attached hydrogen (secondary N) is 2. The molecule has 34 heavy (non-hydrogen) atoms. The summed E-state index contributed by atoms with van der Waals surface area (Å²) in [6, 6.07) is 19.5. The van der Waals surface area contributed by atoms with Crippen LogP contribution in [0.5, 0.6) is 23.0 Å². The maximum atomic E-state index is 13.1. The number of aromatic nitrogens is 1. The zero-order valence-corrected chi connectivity index (χ0v) is 19.1. The van der Waals surface area contributed by atoms with Crippen molar-refractivity contribution in [2.45, 2.75) is 18.9 Å². The molecule has 7 nitrogen and oxygen atoms in total. The number of hydrogen-bond donors (Lipinski definition) is 2. The molecule has 2 N–H and O–H groups in total. The third-order valence-corrected chi connectivity index (χ3v) is 6.13. The first-order valence-electron chi connectivity index (χ1n) is 11.1. The summed E-state index contributed by atoms with van der Waals surface area (Å²) in [6.45, 7) is 0.622. The Bertz CT molecular complexity index is 1330. The fourth-order valence-corrected chi connectivity index (χ4v) is 4.39. The number of carbonyl (C=O) groups is 1. The molecule has 0 spiro atoms. The number of amides is 1. The quantitative estimate of drug-likeness (QED) is 0.398. The SMILES string of the molecule is COc1ccc(C(CC(=O)NCc2ccc3c(c2)OCO3)c2c[nH]c3ccccc23)c(OC)c1. The molecule has 1 aliphatic rings. The van der Waals surface area contributed by atoms with Crippen LogP contribution in [0.15, 0.2) is 66.9 Å². The molecule has 0 radical (unpaired) electrons. The second-order valence-corrected chi connectivity index (χ2v) is 8.12. The maximum Gasteiger partial charge on any atom is 0.231 e. The summed E-state index contributed by atoms with van der Waals surface area (Å²) in [5.74, 6) is 2.52. The van der Waals surface area contributed by atoms with E-state index in [1.165, 1.54) is 0 Å². The van der Waals surface area contributed by atoms with Gasteiger partial charge in [-0.1, -0.05) is 30.3 Å². The number of aromatic amines is 1. The molecule has 5 rings (SSSR count). The highest BCUT2D eigenvalue weighted by molar-refractivity contribution is 5.86. The molecule has 4 aromatic rings. The summed E-state index contributed by atoms with van der Waals surface area (Å²) in [5.41, 5.74) is 3.93. The molecule has 1 amide bonds. The van der Waals surface area contributed by atoms with Gasteiger partial charge in [0.25, 0.3) is 0 Å². The average Bonchev–Trinajstić information content (AvgIpc) is 3.52. The van der Waals surface area contributed by atoms with Gasteiger partial charge in [-0.2, -0.15) is 0 Å². The van der Waals surface area contributed by atoms with Crippen molar-refractivity contribution in [2.24, 2.45) is 0 Å². The van der Waals surface area contributed by atoms with E-state index in [-0.39, 0.29) is 25.0 Å². The van der Waals surface area contributed by atoms with E-state index >= 15 is 0 Å². The summed E-state index contributed by atoms with van der Waals surface area (Å²) in [4.78, 5) is 16.5. The van der Waals surface area contributed by atoms with Crippen LogP contribution in [0, 0.1) is 0 Å². The van der Waals surface area contributed by atoms with E-state index in [1.807, 2.05) is 60.8 Å². The van der Waals surface area contributed by atoms with Gasteiger partial charge in [0.1, 0.15) is 11.5 Å². The largest absolute Gasteiger partial charge is 0.497 e. The normalized spacial score (nSPS) is 13.0. The van der Waals surface area contributed by atoms with Crippen LogP contribution < -0.4 is 24.3 Å². The molecule has 2 heterocycles. The molecule has 7 heteroatoms. The lowest BCUT2D eigenvalue weighted by Crippen LogP contribution is -2.25. The summed E-state index contributed by atoms with van der Waals surface area (Å²) in [5, 5.41) is 4.13. The second kappa shape index (κ2) is 9.39. The molecule has 3 aromatic carbocycles. The third kappa shape index (κ3) is 4.24. The molecule has 0 saturated carbocycles. The van der Waals surface area contributed by atoms with Crippen molar-refractivity contribution in [2.75, 3.05) is 21.0 Å². The van der Waals surface area contributed by atoms with Gasteiger partial charge in [0, 0.05) is 47.6 Å². The van der Waals surface area contributed by atoms with Gasteiger partial charge in [-0.15, -0.1) is 0 Å². The fraction of sp³-hybridized carbons (Fsp3) is 0.222. The average molecular weight is 459 g/mol. The van der Waals surface area contributed by atoms with Crippen LogP contribution in [0.3, 0.4) is 0 Å². The van der Waals surface area contributed by atoms with Crippen LogP contribution in [0.1, 0.15) is 29.0 Å². The number of para-hydroxylation sites is 1. The molecule has 1 aromatic heterocycles. The van der Waals surface area contributed by atoms with Gasteiger partial charge in [-0.05, 0) is 35.4 Å². The van der Waals surface area contributed by atoms with Crippen molar-refractivity contribution in [3.05, 3.63) is 83.6 Å². The Morgan fingerprint density at radius 2 is 1.85 bits per heavy atom. The number of rotatable bonds is 8. The Labute approximate surface area is 197 Å². The molecule has 174 valence electrons. The van der Waals surface area contributed by atoms with Gasteiger partial charge in [-0.3, -0.25) is 4.79 Å². The monoisotopic (exact) mass is 458 g/mol. The number of benzene rings is 3. The zero-order valence-electron chi connectivity index (χ0n) is 19.1. The maximum absolute atomic E-state index is 13.1. The lowest BCUT2D eigenvalue weighted by molar-refractivity contribution is -0.121. The first kappa shape index (κ1) is 21.7. The van der Waals surface area contributed by atoms with E-state index in [0.717, 1.165) is 33.3 Å². The Hall–Kier alpha value is -4.13. The van der Waals surface area contributed by atoms with Crippen LogP contribution in [0.2, 0.25) is 0 Å². The minimum absolute atomic E-state index is 0.0641. The highest BCUT2D eigenvalue weighted by atomic mass is 16.7. The van der Waals surface area contributed by atoms with Crippen molar-refractivity contribution >= 4 is 16.8 Å². The number of carbonyl (C=O) groups excluding carboxylic acids is 1. The summed E-state index contributed by atoms with van der Waals surface area (Å²) >= 11 is 0. The van der Waals surface area contributed by atoms with Gasteiger partial charge >= 0.3 is 0 Å². The number of H-pyrrole nitrogens is 1. The van der Waals surface area contributed by atoms with E-state index < -0.39 is 0 Å². The molecule has 1 atom stereocenters. The summed E-state index contributed by atoms with van der Waals surface area (Å²) in [6.07, 6.45) is 2.24. The molecular weight excluding hydrogens is 432 g/mol. The van der Waals surface area contributed by atoms with Gasteiger partial charge in [0.2, 0.25) is 12.7 Å². The molecular formula is C27H26N2O5. The van der Waals surface area contributed by atoms with Gasteiger partial charge < -0.3 is 29.2 Å². The van der Waals surface area contributed by atoms with Crippen LogP contribution in [0.4, 0.5) is 0 Å². The van der Waals surface area contributed by atoms with Gasteiger partial charge in [-0.25, -0.2) is 0 Å². The molecule has 1 aliphatic heterocycles. The number of methoxy groups -OCH3 is 2. The fourth-order valence-electron chi connectivity index (χ4n) is 4.39. The van der Waals surface area contributed by atoms with Gasteiger partial charge in [0.15, 0.2) is 11.5 Å². The minimum Gasteiger partial charge on any atom is -0.497 e. The van der Waals surface area contributed by atoms with Crippen LogP contribution in [0.25, 0.3) is 10.9 Å². The lowest BCUT2D eigenvalue weighted by atomic mass is 9.87. The van der Waals surface area contributed by atoms with E-state index in [1.54, 1.807) is 14.2 Å². The highest BCUT2D eigenvalue weighted by Gasteiger charge is 2.25. The zero-order chi connectivity index (χ0) is 23.5. The van der Waals surface area contributed by atoms with Crippen LogP contribution in [-0.4, -0.2) is 31.9 Å². The Morgan fingerprint density at radius 1 is 1.00 bits per heavy atom. The van der Waals surface area contributed by atoms with E-state index in [9.17, 15) is 4.79 Å². The minimum atomic E-state index is -0.214. The van der Waals surface area contributed by atoms with Crippen LogP contribution >= 0.6 is 0 Å². The molecule has 0 saturated heterocycles. The van der Waals surface area contributed by atoms with Crippen molar-refractivity contribution in [1.29, 1.82) is 0 Å². The van der Waals surface area contributed by atoms with Crippen molar-refractivity contribution in [1.82, 2.24) is 10.3 Å². The van der Waals surface area contributed by atoms with E-state index in [0.29, 0.717) is 23.8 Å². The summed E-state index contributed by atoms with van der Waals surface area (Å²) in [7, 11) is 3.25. The van der Waals surface area contributed by atoms with Crippen molar-refractivity contribution in [3.8, 4) is 23.0 Å². The standard InChI is InChI=1S/C27H26N2O5/c1-31-18-8-9-20(25(12-18)32-2)21(22-15-28-23-6-4-3-5-19(22)23)13-27(30)29-14-17-7-10-24-26(11-17)34-16-33-24/h3-12,15,21,28H,13-14,16H2,1-2H3,(H,29,30). The molecule has 0 aliphatic carbocycles. The second-order valence-electron chi connectivity index (χ2n) is 8.12. The summed E-state index contributed by atoms with van der Waals surface area (Å²) < 4.78 is 21.9. The first-order chi connectivity index (χ1) is 16.7. The topological polar surface area (TPSA) is 81.8 Å². The third-order valence-electron chi connectivity index (χ3n) is 6.13. The predicted octanol–water partition coefficient (Wildman–Crippen LogP) is 4.75. The predicted molar refractivity (Wildman–Crippen MR) is 129 cm³/mol. The molecule has 0 fully saturated rings. The Morgan fingerprint density at radius 3 is 2.71 bits per heavy atom. The first-order valence-corrected chi connectivity index (χ1v) is 11.1. The lowest BCUT2D eigenvalue weighted by Gasteiger charge is -2.20. The number of hydrogen-bond acceptors (Lipinski definition) is 5. The van der Waals surface area contributed by atoms with Gasteiger partial charge in [0.05, 0.1) is 14.2 Å². The molecule has 0 bridgehead atoms. The Kier molecular flexibility index (Phi) is 5.99. The van der Waals surface area contributed by atoms with Crippen molar-refractivity contribution < 1.29 is 23.7 Å². The smallest absolute Gasteiger partial charge is 0.231 e. The van der Waals surface area contributed by atoms with Crippen LogP contribution in [-0.2, 0) is 11.3 Å². The number of fused-ring (bicyclic) bond motifs is 2. The van der Waals surface area contributed by atoms with E-state index in [4.69, 9.17) is 18.9 Å². The molecule has 1 unspecified atom stereocenters. The van der Waals surface area contributed by atoms with E-state index in [2.05, 4.69) is 16.4 Å². The highest BCUT2D eigenvalue weighted by Crippen LogP contribution is 2.39. The Balaban J connectivity index is 1.42.